The summed E-state index contributed by atoms with van der Waals surface area (Å²) in [5.74, 6) is -1.15. The van der Waals surface area contributed by atoms with E-state index in [0.29, 0.717) is 17.8 Å². The topological polar surface area (TPSA) is 86.7 Å². The second kappa shape index (κ2) is 9.17. The van der Waals surface area contributed by atoms with Gasteiger partial charge in [0.25, 0.3) is 0 Å². The van der Waals surface area contributed by atoms with Crippen LogP contribution >= 0.6 is 12.4 Å². The first-order chi connectivity index (χ1) is 9.81. The Morgan fingerprint density at radius 1 is 1.23 bits per heavy atom. The van der Waals surface area contributed by atoms with Crippen LogP contribution in [0.25, 0.3) is 0 Å². The molecule has 0 aliphatic heterocycles. The lowest BCUT2D eigenvalue weighted by molar-refractivity contribution is -0.137. The second-order valence-electron chi connectivity index (χ2n) is 4.92. The average molecular weight is 329 g/mol. The number of carbonyl (C=O) groups excluding carboxylic acids is 2. The number of nitrogens with zero attached hydrogens (tertiary/aromatic N) is 1. The highest BCUT2D eigenvalue weighted by Gasteiger charge is 2.18. The molecule has 1 amide bonds. The van der Waals surface area contributed by atoms with Gasteiger partial charge in [0.15, 0.2) is 5.78 Å². The fraction of sp³-hybridized carbons (Fsp3) is 0.400. The zero-order chi connectivity index (χ0) is 16.0. The van der Waals surface area contributed by atoms with Crippen LogP contribution in [0.15, 0.2) is 24.3 Å². The number of benzene rings is 1. The molecule has 122 valence electrons. The number of Topliss-reactive ketones (excluding diaryl/α,β-unsaturated/α-hetero) is 1. The van der Waals surface area contributed by atoms with Crippen molar-refractivity contribution in [3.05, 3.63) is 29.8 Å². The standard InChI is InChI=1S/C15H20N2O4.ClH/c1-10(17(3)9-8-14(19)20)15(21)16-13-6-4-12(5-7-13)11(2)18;/h4-7,10H,8-9H2,1-3H3,(H,16,21)(H,19,20);1H. The van der Waals surface area contributed by atoms with E-state index in [1.54, 1.807) is 43.1 Å². The van der Waals surface area contributed by atoms with Crippen LogP contribution in [0.1, 0.15) is 30.6 Å². The third-order valence-electron chi connectivity index (χ3n) is 3.28. The van der Waals surface area contributed by atoms with Gasteiger partial charge in [0.05, 0.1) is 12.5 Å². The summed E-state index contributed by atoms with van der Waals surface area (Å²) in [6.07, 6.45) is -0.0125. The van der Waals surface area contributed by atoms with Gasteiger partial charge in [0.2, 0.25) is 5.91 Å². The lowest BCUT2D eigenvalue weighted by Crippen LogP contribution is -2.40. The van der Waals surface area contributed by atoms with E-state index in [2.05, 4.69) is 5.32 Å². The van der Waals surface area contributed by atoms with Crippen molar-refractivity contribution in [2.45, 2.75) is 26.3 Å². The number of nitrogens with one attached hydrogen (secondary N) is 1. The maximum Gasteiger partial charge on any atom is 0.304 e. The number of ketones is 1. The first-order valence-corrected chi connectivity index (χ1v) is 6.65. The molecule has 0 radical (unpaired) electrons. The molecule has 22 heavy (non-hydrogen) atoms. The van der Waals surface area contributed by atoms with Gasteiger partial charge in [-0.2, -0.15) is 0 Å². The molecule has 2 N–H and O–H groups in total. The molecule has 0 bridgehead atoms. The summed E-state index contributed by atoms with van der Waals surface area (Å²) in [4.78, 5) is 35.4. The smallest absolute Gasteiger partial charge is 0.304 e. The summed E-state index contributed by atoms with van der Waals surface area (Å²) in [6.45, 7) is 3.49. The molecule has 0 fully saturated rings. The van der Waals surface area contributed by atoms with Gasteiger partial charge in [0.1, 0.15) is 0 Å². The molecule has 0 spiro atoms. The number of anilines is 1. The van der Waals surface area contributed by atoms with E-state index in [4.69, 9.17) is 5.11 Å². The van der Waals surface area contributed by atoms with Gasteiger partial charge in [-0.1, -0.05) is 0 Å². The zero-order valence-corrected chi connectivity index (χ0v) is 13.6. The summed E-state index contributed by atoms with van der Waals surface area (Å²) in [5, 5.41) is 11.4. The van der Waals surface area contributed by atoms with Gasteiger partial charge in [-0.15, -0.1) is 12.4 Å². The van der Waals surface area contributed by atoms with Crippen molar-refractivity contribution in [3.8, 4) is 0 Å². The monoisotopic (exact) mass is 328 g/mol. The molecule has 7 heteroatoms. The van der Waals surface area contributed by atoms with Crippen molar-refractivity contribution in [2.24, 2.45) is 0 Å². The van der Waals surface area contributed by atoms with Gasteiger partial charge < -0.3 is 10.4 Å². The van der Waals surface area contributed by atoms with Gasteiger partial charge >= 0.3 is 5.97 Å². The Kier molecular flexibility index (Phi) is 8.37. The molecule has 1 atom stereocenters. The summed E-state index contributed by atoms with van der Waals surface area (Å²) < 4.78 is 0. The highest BCUT2D eigenvalue weighted by atomic mass is 35.5. The Hall–Kier alpha value is -1.92. The molecule has 0 saturated carbocycles. The van der Waals surface area contributed by atoms with Gasteiger partial charge in [0, 0.05) is 17.8 Å². The van der Waals surface area contributed by atoms with E-state index in [9.17, 15) is 14.4 Å². The SMILES string of the molecule is CC(=O)c1ccc(NC(=O)C(C)N(C)CCC(=O)O)cc1.Cl. The minimum absolute atomic E-state index is 0. The zero-order valence-electron chi connectivity index (χ0n) is 12.8. The number of halogens is 1. The third-order valence-corrected chi connectivity index (χ3v) is 3.28. The molecular formula is C15H21ClN2O4. The lowest BCUT2D eigenvalue weighted by atomic mass is 10.1. The number of amides is 1. The van der Waals surface area contributed by atoms with Crippen molar-refractivity contribution in [2.75, 3.05) is 18.9 Å². The molecule has 0 aliphatic rings. The maximum atomic E-state index is 12.1. The van der Waals surface area contributed by atoms with Crippen molar-refractivity contribution < 1.29 is 19.5 Å². The maximum absolute atomic E-state index is 12.1. The number of hydrogen-bond donors (Lipinski definition) is 2. The minimum Gasteiger partial charge on any atom is -0.481 e. The Bertz CT molecular complexity index is 531. The molecule has 6 nitrogen and oxygen atoms in total. The van der Waals surface area contributed by atoms with Crippen molar-refractivity contribution >= 4 is 35.8 Å². The number of aliphatic carboxylic acids is 1. The first-order valence-electron chi connectivity index (χ1n) is 6.65. The van der Waals surface area contributed by atoms with Crippen LogP contribution in [0, 0.1) is 0 Å². The predicted octanol–water partition coefficient (Wildman–Crippen LogP) is 2.04. The summed E-state index contributed by atoms with van der Waals surface area (Å²) >= 11 is 0. The van der Waals surface area contributed by atoms with E-state index in [0.717, 1.165) is 0 Å². The summed E-state index contributed by atoms with van der Waals surface area (Å²) in [5.41, 5.74) is 1.18. The number of carboxylic acid groups (broad SMARTS) is 1. The number of likely N-dealkylation sites (N-methyl/N-ethyl adjacent to an activating group) is 1. The Morgan fingerprint density at radius 2 is 1.77 bits per heavy atom. The van der Waals surface area contributed by atoms with Crippen LogP contribution in [0.5, 0.6) is 0 Å². The van der Waals surface area contributed by atoms with Crippen LogP contribution in [0.2, 0.25) is 0 Å². The van der Waals surface area contributed by atoms with Gasteiger partial charge in [-0.05, 0) is 45.2 Å². The van der Waals surface area contributed by atoms with Crippen LogP contribution in [-0.4, -0.2) is 47.3 Å². The van der Waals surface area contributed by atoms with E-state index in [1.807, 2.05) is 0 Å². The number of carbonyl (C=O) groups is 3. The van der Waals surface area contributed by atoms with Gasteiger partial charge in [-0.25, -0.2) is 0 Å². The van der Waals surface area contributed by atoms with E-state index >= 15 is 0 Å². The molecule has 1 aromatic carbocycles. The van der Waals surface area contributed by atoms with Crippen molar-refractivity contribution in [1.29, 1.82) is 0 Å². The summed E-state index contributed by atoms with van der Waals surface area (Å²) in [7, 11) is 1.70. The number of hydrogen-bond acceptors (Lipinski definition) is 4. The summed E-state index contributed by atoms with van der Waals surface area (Å²) in [6, 6.07) is 6.18. The lowest BCUT2D eigenvalue weighted by Gasteiger charge is -2.23. The Morgan fingerprint density at radius 3 is 2.23 bits per heavy atom. The Balaban J connectivity index is 0.00000441. The first kappa shape index (κ1) is 20.1. The number of carboxylic acids is 1. The van der Waals surface area contributed by atoms with E-state index < -0.39 is 12.0 Å². The molecule has 0 aromatic heterocycles. The molecular weight excluding hydrogens is 308 g/mol. The second-order valence-corrected chi connectivity index (χ2v) is 4.92. The predicted molar refractivity (Wildman–Crippen MR) is 86.7 cm³/mol. The van der Waals surface area contributed by atoms with E-state index in [1.165, 1.54) is 6.92 Å². The average Bonchev–Trinajstić information content (AvgIpc) is 2.44. The fourth-order valence-corrected chi connectivity index (χ4v) is 1.70. The highest BCUT2D eigenvalue weighted by molar-refractivity contribution is 5.96. The molecule has 0 aliphatic carbocycles. The van der Waals surface area contributed by atoms with Crippen LogP contribution in [0.3, 0.4) is 0 Å². The van der Waals surface area contributed by atoms with Crippen LogP contribution < -0.4 is 5.32 Å². The minimum atomic E-state index is -0.894. The quantitative estimate of drug-likeness (QED) is 0.748. The van der Waals surface area contributed by atoms with Gasteiger partial charge in [-0.3, -0.25) is 19.3 Å². The van der Waals surface area contributed by atoms with Crippen LogP contribution in [0.4, 0.5) is 5.69 Å². The molecule has 0 saturated heterocycles. The molecule has 0 heterocycles. The third kappa shape index (κ3) is 6.24. The fourth-order valence-electron chi connectivity index (χ4n) is 1.70. The molecule has 1 rings (SSSR count). The van der Waals surface area contributed by atoms with Crippen LogP contribution in [-0.2, 0) is 9.59 Å². The molecule has 1 aromatic rings. The van der Waals surface area contributed by atoms with E-state index in [-0.39, 0.29) is 30.5 Å². The highest BCUT2D eigenvalue weighted by Crippen LogP contribution is 2.11. The largest absolute Gasteiger partial charge is 0.481 e. The normalized spacial score (nSPS) is 11.5. The van der Waals surface area contributed by atoms with Crippen molar-refractivity contribution in [1.82, 2.24) is 4.90 Å². The number of rotatable bonds is 7. The molecule has 1 unspecified atom stereocenters. The Labute approximate surface area is 135 Å². The van der Waals surface area contributed by atoms with Crippen molar-refractivity contribution in [3.63, 3.8) is 0 Å².